The first kappa shape index (κ1) is 19.7. The van der Waals surface area contributed by atoms with Crippen LogP contribution in [0.3, 0.4) is 0 Å². The highest BCUT2D eigenvalue weighted by Gasteiger charge is 2.43. The maximum Gasteiger partial charge on any atom is 0.155 e. The number of rotatable bonds is 2. The zero-order valence-corrected chi connectivity index (χ0v) is 18.9. The normalized spacial score (nSPS) is 22.6. The molecule has 1 saturated heterocycles. The summed E-state index contributed by atoms with van der Waals surface area (Å²) in [6.07, 6.45) is 4.31. The molecule has 1 fully saturated rings. The number of aromatic nitrogens is 3. The molecule has 7 rings (SSSR count). The molecule has 0 spiro atoms. The van der Waals surface area contributed by atoms with Crippen molar-refractivity contribution >= 4 is 21.8 Å². The monoisotopic (exact) mass is 446 g/mol. The lowest BCUT2D eigenvalue weighted by Crippen LogP contribution is -2.48. The van der Waals surface area contributed by atoms with Gasteiger partial charge in [0, 0.05) is 5.56 Å². The molecular weight excluding hydrogens is 420 g/mol. The second kappa shape index (κ2) is 7.96. The molecule has 3 atom stereocenters. The Morgan fingerprint density at radius 3 is 2.50 bits per heavy atom. The van der Waals surface area contributed by atoms with Crippen LogP contribution in [-0.4, -0.2) is 26.1 Å². The highest BCUT2D eigenvalue weighted by molar-refractivity contribution is 5.89. The smallest absolute Gasteiger partial charge is 0.155 e. The van der Waals surface area contributed by atoms with Gasteiger partial charge in [0.15, 0.2) is 6.23 Å². The van der Waals surface area contributed by atoms with Crippen LogP contribution in [-0.2, 0) is 0 Å². The second-order valence-electron chi connectivity index (χ2n) is 9.32. The van der Waals surface area contributed by atoms with Crippen LogP contribution in [0, 0.1) is 0 Å². The van der Waals surface area contributed by atoms with Gasteiger partial charge in [0.05, 0.1) is 11.6 Å². The van der Waals surface area contributed by atoms with Crippen molar-refractivity contribution < 1.29 is 4.74 Å². The third kappa shape index (κ3) is 3.04. The van der Waals surface area contributed by atoms with Crippen LogP contribution in [0.15, 0.2) is 91.0 Å². The highest BCUT2D eigenvalue weighted by Crippen LogP contribution is 2.49. The molecule has 5 heteroatoms. The average molecular weight is 447 g/mol. The fourth-order valence-corrected chi connectivity index (χ4v) is 5.88. The Bertz CT molecular complexity index is 1480. The van der Waals surface area contributed by atoms with Crippen LogP contribution in [0.25, 0.3) is 21.8 Å². The lowest BCUT2D eigenvalue weighted by atomic mass is 9.89. The second-order valence-corrected chi connectivity index (χ2v) is 9.32. The Morgan fingerprint density at radius 1 is 0.765 bits per heavy atom. The predicted octanol–water partition coefficient (Wildman–Crippen LogP) is 6.47. The Labute approximate surface area is 198 Å². The van der Waals surface area contributed by atoms with Gasteiger partial charge in [-0.25, -0.2) is 9.58 Å². The fraction of sp³-hybridized carbons (Fsp3) is 0.241. The van der Waals surface area contributed by atoms with Crippen LogP contribution in [0.4, 0.5) is 0 Å². The molecular formula is C29H26N4O. The number of ether oxygens (including phenoxy) is 1. The van der Waals surface area contributed by atoms with Gasteiger partial charge >= 0.3 is 0 Å². The minimum atomic E-state index is -0.0191. The molecule has 5 aromatic rings. The van der Waals surface area contributed by atoms with Gasteiger partial charge in [0.25, 0.3) is 0 Å². The Balaban J connectivity index is 1.49. The molecule has 2 aliphatic rings. The van der Waals surface area contributed by atoms with Gasteiger partial charge < -0.3 is 4.74 Å². The van der Waals surface area contributed by atoms with E-state index in [1.807, 2.05) is 12.1 Å². The van der Waals surface area contributed by atoms with Crippen molar-refractivity contribution in [3.63, 3.8) is 0 Å². The van der Waals surface area contributed by atoms with Crippen molar-refractivity contribution in [2.24, 2.45) is 0 Å². The largest absolute Gasteiger partial charge is 0.475 e. The summed E-state index contributed by atoms with van der Waals surface area (Å²) in [5.74, 6) is 0.998. The van der Waals surface area contributed by atoms with Crippen LogP contribution in [0.5, 0.6) is 5.75 Å². The molecule has 0 unspecified atom stereocenters. The van der Waals surface area contributed by atoms with Crippen molar-refractivity contribution in [2.75, 3.05) is 0 Å². The van der Waals surface area contributed by atoms with Crippen LogP contribution in [0.1, 0.15) is 49.0 Å². The van der Waals surface area contributed by atoms with Crippen molar-refractivity contribution in [1.29, 1.82) is 0 Å². The minimum Gasteiger partial charge on any atom is -0.475 e. The third-order valence-corrected chi connectivity index (χ3v) is 7.38. The lowest BCUT2D eigenvalue weighted by Gasteiger charge is -2.46. The molecule has 0 amide bonds. The van der Waals surface area contributed by atoms with Gasteiger partial charge in [0.1, 0.15) is 17.4 Å². The quantitative estimate of drug-likeness (QED) is 0.312. The van der Waals surface area contributed by atoms with Crippen molar-refractivity contribution in [1.82, 2.24) is 19.9 Å². The Morgan fingerprint density at radius 2 is 1.56 bits per heavy atom. The van der Waals surface area contributed by atoms with Gasteiger partial charge in [-0.3, -0.25) is 0 Å². The molecule has 5 nitrogen and oxygen atoms in total. The molecule has 34 heavy (non-hydrogen) atoms. The molecule has 0 saturated carbocycles. The van der Waals surface area contributed by atoms with Crippen molar-refractivity contribution in [2.45, 2.75) is 44.1 Å². The van der Waals surface area contributed by atoms with Crippen molar-refractivity contribution in [3.8, 4) is 5.75 Å². The van der Waals surface area contributed by atoms with E-state index in [1.54, 1.807) is 0 Å². The van der Waals surface area contributed by atoms with E-state index < -0.39 is 0 Å². The van der Waals surface area contributed by atoms with Gasteiger partial charge in [0.2, 0.25) is 0 Å². The predicted molar refractivity (Wildman–Crippen MR) is 134 cm³/mol. The molecule has 4 aromatic carbocycles. The summed E-state index contributed by atoms with van der Waals surface area (Å²) >= 11 is 0. The van der Waals surface area contributed by atoms with E-state index in [0.717, 1.165) is 42.5 Å². The van der Waals surface area contributed by atoms with E-state index in [2.05, 4.69) is 98.8 Å². The third-order valence-electron chi connectivity index (χ3n) is 7.38. The number of hydrogen-bond donors (Lipinski definition) is 0. The summed E-state index contributed by atoms with van der Waals surface area (Å²) in [6, 6.07) is 32.2. The summed E-state index contributed by atoms with van der Waals surface area (Å²) in [4.78, 5) is 2.57. The SMILES string of the molecule is c1ccc([C@H]2c3c(ccc4ccccc34)O[C@@H]3CCCC[C@@H](n4nnc5ccccc54)N23)cc1. The first-order valence-corrected chi connectivity index (χ1v) is 12.2. The number of nitrogens with zero attached hydrogens (tertiary/aromatic N) is 4. The van der Waals surface area contributed by atoms with Crippen LogP contribution >= 0.6 is 0 Å². The highest BCUT2D eigenvalue weighted by atomic mass is 16.5. The van der Waals surface area contributed by atoms with E-state index in [9.17, 15) is 0 Å². The zero-order chi connectivity index (χ0) is 22.5. The van der Waals surface area contributed by atoms with Gasteiger partial charge in [-0.15, -0.1) is 5.10 Å². The summed E-state index contributed by atoms with van der Waals surface area (Å²) in [5.41, 5.74) is 4.54. The summed E-state index contributed by atoms with van der Waals surface area (Å²) in [6.45, 7) is 0. The molecule has 0 radical (unpaired) electrons. The molecule has 2 aliphatic heterocycles. The summed E-state index contributed by atoms with van der Waals surface area (Å²) in [5, 5.41) is 11.7. The van der Waals surface area contributed by atoms with Gasteiger partial charge in [-0.1, -0.05) is 78.0 Å². The van der Waals surface area contributed by atoms with Crippen molar-refractivity contribution in [3.05, 3.63) is 102 Å². The summed E-state index contributed by atoms with van der Waals surface area (Å²) < 4.78 is 8.91. The maximum absolute atomic E-state index is 6.78. The molecule has 168 valence electrons. The molecule has 3 heterocycles. The van der Waals surface area contributed by atoms with E-state index >= 15 is 0 Å². The zero-order valence-electron chi connectivity index (χ0n) is 18.9. The fourth-order valence-electron chi connectivity index (χ4n) is 5.88. The standard InChI is InChI=1S/C29H26N4O/c1-2-11-21(12-3-1)29-28-22-13-5-4-10-20(22)18-19-25(28)34-27-17-9-8-16-26(32(27)29)33-24-15-7-6-14-23(24)30-31-33/h1-7,10-15,18-19,26-27,29H,8-9,16-17H2/t26-,27-,29+/m1/s1. The number of para-hydroxylation sites is 1. The maximum atomic E-state index is 6.78. The Hall–Kier alpha value is -3.70. The van der Waals surface area contributed by atoms with E-state index in [0.29, 0.717) is 0 Å². The number of hydrogen-bond acceptors (Lipinski definition) is 4. The first-order chi connectivity index (χ1) is 16.9. The summed E-state index contributed by atoms with van der Waals surface area (Å²) in [7, 11) is 0. The molecule has 1 aromatic heterocycles. The van der Waals surface area contributed by atoms with Gasteiger partial charge in [-0.05, 0) is 60.2 Å². The van der Waals surface area contributed by atoms with E-state index in [1.165, 1.54) is 21.9 Å². The topological polar surface area (TPSA) is 43.2 Å². The van der Waals surface area contributed by atoms with Crippen LogP contribution in [0.2, 0.25) is 0 Å². The molecule has 0 N–H and O–H groups in total. The van der Waals surface area contributed by atoms with Gasteiger partial charge in [-0.2, -0.15) is 0 Å². The average Bonchev–Trinajstić information content (AvgIpc) is 3.21. The Kier molecular flexibility index (Phi) is 4.62. The number of fused-ring (bicyclic) bond motifs is 5. The number of benzene rings is 4. The first-order valence-electron chi connectivity index (χ1n) is 12.2. The lowest BCUT2D eigenvalue weighted by molar-refractivity contribution is -0.0679. The van der Waals surface area contributed by atoms with E-state index in [4.69, 9.17) is 4.74 Å². The molecule has 0 aliphatic carbocycles. The molecule has 0 bridgehead atoms. The minimum absolute atomic E-state index is 0.0191. The van der Waals surface area contributed by atoms with E-state index in [-0.39, 0.29) is 18.4 Å². The van der Waals surface area contributed by atoms with Crippen LogP contribution < -0.4 is 4.74 Å².